The molecular formula is C12H20BrN3O2. The zero-order valence-corrected chi connectivity index (χ0v) is 12.7. The minimum Gasteiger partial charge on any atom is -0.385 e. The van der Waals surface area contributed by atoms with Gasteiger partial charge in [0.2, 0.25) is 0 Å². The van der Waals surface area contributed by atoms with Gasteiger partial charge >= 0.3 is 0 Å². The van der Waals surface area contributed by atoms with Crippen molar-refractivity contribution in [2.75, 3.05) is 45.4 Å². The highest BCUT2D eigenvalue weighted by Crippen LogP contribution is 2.16. The number of rotatable bonds is 8. The van der Waals surface area contributed by atoms with E-state index in [1.807, 2.05) is 13.0 Å². The summed E-state index contributed by atoms with van der Waals surface area (Å²) in [5.74, 6) is 1.68. The number of halogens is 1. The Morgan fingerprint density at radius 1 is 1.17 bits per heavy atom. The summed E-state index contributed by atoms with van der Waals surface area (Å²) < 4.78 is 11.0. The van der Waals surface area contributed by atoms with E-state index in [2.05, 4.69) is 30.8 Å². The van der Waals surface area contributed by atoms with Gasteiger partial charge in [0.1, 0.15) is 16.2 Å². The van der Waals surface area contributed by atoms with Crippen molar-refractivity contribution in [1.82, 2.24) is 9.97 Å². The summed E-state index contributed by atoms with van der Waals surface area (Å²) in [7, 11) is 3.42. The van der Waals surface area contributed by atoms with Gasteiger partial charge in [-0.05, 0) is 29.3 Å². The van der Waals surface area contributed by atoms with E-state index in [0.717, 1.165) is 42.4 Å². The van der Waals surface area contributed by atoms with Crippen LogP contribution in [0.25, 0.3) is 0 Å². The average Bonchev–Trinajstić information content (AvgIpc) is 2.32. The fourth-order valence-corrected chi connectivity index (χ4v) is 2.08. The molecule has 0 aliphatic rings. The molecule has 0 amide bonds. The van der Waals surface area contributed by atoms with Crippen molar-refractivity contribution in [3.05, 3.63) is 16.5 Å². The second-order valence-electron chi connectivity index (χ2n) is 3.92. The Labute approximate surface area is 117 Å². The van der Waals surface area contributed by atoms with E-state index in [1.165, 1.54) is 0 Å². The normalized spacial score (nSPS) is 10.7. The van der Waals surface area contributed by atoms with Crippen LogP contribution in [0.4, 0.5) is 5.82 Å². The topological polar surface area (TPSA) is 47.5 Å². The third kappa shape index (κ3) is 5.29. The molecule has 1 aromatic heterocycles. The van der Waals surface area contributed by atoms with Crippen LogP contribution in [0.2, 0.25) is 0 Å². The Hall–Kier alpha value is -0.720. The number of nitrogens with zero attached hydrogens (tertiary/aromatic N) is 3. The summed E-state index contributed by atoms with van der Waals surface area (Å²) in [5, 5.41) is 0. The maximum atomic E-state index is 5.13. The molecule has 0 unspecified atom stereocenters. The van der Waals surface area contributed by atoms with Crippen LogP contribution in [0.3, 0.4) is 0 Å². The van der Waals surface area contributed by atoms with Crippen LogP contribution in [-0.4, -0.2) is 50.5 Å². The van der Waals surface area contributed by atoms with Crippen molar-refractivity contribution in [1.29, 1.82) is 0 Å². The SMILES string of the molecule is COCCCN(CCOC)c1cc(Br)nc(C)n1. The van der Waals surface area contributed by atoms with Crippen molar-refractivity contribution in [2.24, 2.45) is 0 Å². The van der Waals surface area contributed by atoms with Crippen molar-refractivity contribution in [3.8, 4) is 0 Å². The largest absolute Gasteiger partial charge is 0.385 e. The highest BCUT2D eigenvalue weighted by molar-refractivity contribution is 9.10. The standard InChI is InChI=1S/C12H20BrN3O2/c1-10-14-11(13)9-12(15-10)16(6-8-18-3)5-4-7-17-2/h9H,4-8H2,1-3H3. The van der Waals surface area contributed by atoms with Gasteiger partial charge in [-0.15, -0.1) is 0 Å². The molecule has 102 valence electrons. The van der Waals surface area contributed by atoms with Crippen molar-refractivity contribution in [2.45, 2.75) is 13.3 Å². The maximum Gasteiger partial charge on any atom is 0.133 e. The van der Waals surface area contributed by atoms with Crippen LogP contribution in [0, 0.1) is 6.92 Å². The second-order valence-corrected chi connectivity index (χ2v) is 4.73. The van der Waals surface area contributed by atoms with E-state index in [4.69, 9.17) is 9.47 Å². The molecule has 1 aromatic rings. The van der Waals surface area contributed by atoms with E-state index < -0.39 is 0 Å². The van der Waals surface area contributed by atoms with Crippen molar-refractivity contribution in [3.63, 3.8) is 0 Å². The van der Waals surface area contributed by atoms with Crippen LogP contribution in [0.1, 0.15) is 12.2 Å². The number of hydrogen-bond acceptors (Lipinski definition) is 5. The molecule has 0 bridgehead atoms. The molecular weight excluding hydrogens is 298 g/mol. The van der Waals surface area contributed by atoms with Gasteiger partial charge in [-0.2, -0.15) is 0 Å². The number of ether oxygens (including phenoxy) is 2. The van der Waals surface area contributed by atoms with Gasteiger partial charge in [0.05, 0.1) is 6.61 Å². The lowest BCUT2D eigenvalue weighted by Gasteiger charge is -2.23. The van der Waals surface area contributed by atoms with Gasteiger partial charge in [0, 0.05) is 40.0 Å². The van der Waals surface area contributed by atoms with E-state index >= 15 is 0 Å². The minimum absolute atomic E-state index is 0.674. The Bertz CT molecular complexity index is 343. The predicted molar refractivity (Wildman–Crippen MR) is 75.1 cm³/mol. The van der Waals surface area contributed by atoms with Gasteiger partial charge in [0.15, 0.2) is 0 Å². The molecule has 0 saturated heterocycles. The molecule has 18 heavy (non-hydrogen) atoms. The van der Waals surface area contributed by atoms with Gasteiger partial charge in [0.25, 0.3) is 0 Å². The molecule has 0 radical (unpaired) electrons. The molecule has 0 spiro atoms. The van der Waals surface area contributed by atoms with E-state index in [-0.39, 0.29) is 0 Å². The third-order valence-corrected chi connectivity index (χ3v) is 2.87. The van der Waals surface area contributed by atoms with Crippen LogP contribution >= 0.6 is 15.9 Å². The Morgan fingerprint density at radius 2 is 1.89 bits per heavy atom. The number of hydrogen-bond donors (Lipinski definition) is 0. The number of aryl methyl sites for hydroxylation is 1. The van der Waals surface area contributed by atoms with Crippen molar-refractivity contribution < 1.29 is 9.47 Å². The number of aromatic nitrogens is 2. The maximum absolute atomic E-state index is 5.13. The van der Waals surface area contributed by atoms with E-state index in [0.29, 0.717) is 6.61 Å². The highest BCUT2D eigenvalue weighted by Gasteiger charge is 2.09. The monoisotopic (exact) mass is 317 g/mol. The van der Waals surface area contributed by atoms with Gasteiger partial charge in [-0.3, -0.25) is 0 Å². The summed E-state index contributed by atoms with van der Waals surface area (Å²) in [6.45, 7) is 5.00. The summed E-state index contributed by atoms with van der Waals surface area (Å²) in [5.41, 5.74) is 0. The molecule has 5 nitrogen and oxygen atoms in total. The first-order valence-electron chi connectivity index (χ1n) is 5.91. The molecule has 0 aliphatic heterocycles. The summed E-state index contributed by atoms with van der Waals surface area (Å²) in [4.78, 5) is 10.9. The Morgan fingerprint density at radius 3 is 2.50 bits per heavy atom. The van der Waals surface area contributed by atoms with Gasteiger partial charge < -0.3 is 14.4 Å². The second kappa shape index (κ2) is 8.39. The first kappa shape index (κ1) is 15.3. The highest BCUT2D eigenvalue weighted by atomic mass is 79.9. The average molecular weight is 318 g/mol. The summed E-state index contributed by atoms with van der Waals surface area (Å²) in [6, 6.07) is 1.93. The molecule has 0 saturated carbocycles. The molecule has 0 atom stereocenters. The summed E-state index contributed by atoms with van der Waals surface area (Å²) in [6.07, 6.45) is 0.959. The van der Waals surface area contributed by atoms with Crippen LogP contribution in [0.5, 0.6) is 0 Å². The minimum atomic E-state index is 0.674. The zero-order chi connectivity index (χ0) is 13.4. The lowest BCUT2D eigenvalue weighted by molar-refractivity contribution is 0.191. The van der Waals surface area contributed by atoms with Gasteiger partial charge in [-0.1, -0.05) is 0 Å². The number of methoxy groups -OCH3 is 2. The Kier molecular flexibility index (Phi) is 7.15. The van der Waals surface area contributed by atoms with Crippen LogP contribution in [0.15, 0.2) is 10.7 Å². The summed E-state index contributed by atoms with van der Waals surface area (Å²) >= 11 is 3.40. The lowest BCUT2D eigenvalue weighted by atomic mass is 10.3. The molecule has 0 aliphatic carbocycles. The quantitative estimate of drug-likeness (QED) is 0.542. The number of anilines is 1. The predicted octanol–water partition coefficient (Wildman–Crippen LogP) is 2.04. The molecule has 0 N–H and O–H groups in total. The smallest absolute Gasteiger partial charge is 0.133 e. The zero-order valence-electron chi connectivity index (χ0n) is 11.1. The third-order valence-electron chi connectivity index (χ3n) is 2.46. The molecule has 0 aromatic carbocycles. The lowest BCUT2D eigenvalue weighted by Crippen LogP contribution is -2.30. The fourth-order valence-electron chi connectivity index (χ4n) is 1.62. The Balaban J connectivity index is 2.72. The van der Waals surface area contributed by atoms with E-state index in [9.17, 15) is 0 Å². The van der Waals surface area contributed by atoms with Crippen molar-refractivity contribution >= 4 is 21.7 Å². The first-order valence-corrected chi connectivity index (χ1v) is 6.70. The molecule has 0 fully saturated rings. The molecule has 6 heteroatoms. The molecule has 1 rings (SSSR count). The molecule has 1 heterocycles. The first-order chi connectivity index (χ1) is 8.67. The van der Waals surface area contributed by atoms with Crippen LogP contribution < -0.4 is 4.90 Å². The van der Waals surface area contributed by atoms with Gasteiger partial charge in [-0.25, -0.2) is 9.97 Å². The van der Waals surface area contributed by atoms with Crippen LogP contribution in [-0.2, 0) is 9.47 Å². The fraction of sp³-hybridized carbons (Fsp3) is 0.667. The van der Waals surface area contributed by atoms with E-state index in [1.54, 1.807) is 14.2 Å².